The number of aromatic hydroxyl groups is 1. The minimum atomic E-state index is -3.52. The molecule has 0 unspecified atom stereocenters. The van der Waals surface area contributed by atoms with Gasteiger partial charge in [0.2, 0.25) is 15.9 Å². The van der Waals surface area contributed by atoms with Crippen LogP contribution < -0.4 is 4.90 Å². The largest absolute Gasteiger partial charge is 0.508 e. The molecule has 4 rings (SSSR count). The van der Waals surface area contributed by atoms with Gasteiger partial charge in [-0.3, -0.25) is 9.69 Å². The highest BCUT2D eigenvalue weighted by molar-refractivity contribution is 7.89. The molecule has 0 saturated carbocycles. The lowest BCUT2D eigenvalue weighted by Gasteiger charge is -2.37. The molecular weight excluding hydrogens is 440 g/mol. The van der Waals surface area contributed by atoms with Crippen molar-refractivity contribution < 1.29 is 18.3 Å². The van der Waals surface area contributed by atoms with Crippen LogP contribution in [0.15, 0.2) is 53.4 Å². The third-order valence-corrected chi connectivity index (χ3v) is 8.33. The zero-order chi connectivity index (χ0) is 23.4. The van der Waals surface area contributed by atoms with Crippen molar-refractivity contribution in [3.63, 3.8) is 0 Å². The summed E-state index contributed by atoms with van der Waals surface area (Å²) in [6.07, 6.45) is 0.701. The van der Waals surface area contributed by atoms with E-state index in [1.807, 2.05) is 36.1 Å². The number of piperazine rings is 1. The summed E-state index contributed by atoms with van der Waals surface area (Å²) in [4.78, 5) is 19.4. The number of aryl methyl sites for hydroxylation is 1. The average molecular weight is 473 g/mol. The summed E-state index contributed by atoms with van der Waals surface area (Å²) in [5, 5.41) is 9.46. The molecule has 2 aromatic carbocycles. The van der Waals surface area contributed by atoms with Gasteiger partial charge in [-0.15, -0.1) is 0 Å². The molecule has 0 aliphatic carbocycles. The fourth-order valence-electron chi connectivity index (χ4n) is 4.37. The number of carbonyl (C=O) groups excluding carboxylic acids is 1. The lowest BCUT2D eigenvalue weighted by molar-refractivity contribution is -0.132. The fraction of sp³-hybridized carbons (Fsp3) is 0.458. The molecule has 2 aliphatic heterocycles. The van der Waals surface area contributed by atoms with Gasteiger partial charge in [-0.2, -0.15) is 4.31 Å². The van der Waals surface area contributed by atoms with Crippen LogP contribution in [-0.4, -0.2) is 92.4 Å². The number of anilines is 1. The van der Waals surface area contributed by atoms with Crippen LogP contribution in [0.25, 0.3) is 0 Å². The van der Waals surface area contributed by atoms with E-state index >= 15 is 0 Å². The third kappa shape index (κ3) is 5.66. The smallest absolute Gasteiger partial charge is 0.243 e. The van der Waals surface area contributed by atoms with Gasteiger partial charge < -0.3 is 14.9 Å². The molecule has 1 N–H and O–H groups in total. The Hall–Kier alpha value is -2.62. The third-order valence-electron chi connectivity index (χ3n) is 6.41. The first-order valence-corrected chi connectivity index (χ1v) is 12.9. The molecule has 2 aliphatic rings. The van der Waals surface area contributed by atoms with Crippen molar-refractivity contribution in [3.8, 4) is 5.75 Å². The molecular formula is C24H32N4O4S. The van der Waals surface area contributed by atoms with Crippen molar-refractivity contribution >= 4 is 21.6 Å². The average Bonchev–Trinajstić information content (AvgIpc) is 3.06. The first-order valence-electron chi connectivity index (χ1n) is 11.4. The van der Waals surface area contributed by atoms with Gasteiger partial charge in [0, 0.05) is 51.5 Å². The van der Waals surface area contributed by atoms with Crippen molar-refractivity contribution in [1.82, 2.24) is 14.1 Å². The number of amides is 1. The molecule has 1 amide bonds. The first-order chi connectivity index (χ1) is 15.8. The van der Waals surface area contributed by atoms with Crippen LogP contribution in [0.1, 0.15) is 12.0 Å². The van der Waals surface area contributed by atoms with E-state index in [0.29, 0.717) is 57.1 Å². The Bertz CT molecular complexity index is 1050. The summed E-state index contributed by atoms with van der Waals surface area (Å²) in [6.45, 7) is 7.16. The van der Waals surface area contributed by atoms with Crippen molar-refractivity contribution in [2.45, 2.75) is 18.2 Å². The first kappa shape index (κ1) is 23.5. The summed E-state index contributed by atoms with van der Waals surface area (Å²) in [5.41, 5.74) is 2.07. The number of benzene rings is 2. The van der Waals surface area contributed by atoms with Crippen LogP contribution in [0, 0.1) is 6.92 Å². The van der Waals surface area contributed by atoms with Gasteiger partial charge in [-0.05, 0) is 56.3 Å². The summed E-state index contributed by atoms with van der Waals surface area (Å²) in [7, 11) is -3.52. The molecule has 9 heteroatoms. The highest BCUT2D eigenvalue weighted by Crippen LogP contribution is 2.21. The van der Waals surface area contributed by atoms with Crippen LogP contribution in [0.3, 0.4) is 0 Å². The van der Waals surface area contributed by atoms with E-state index in [2.05, 4.69) is 9.80 Å². The summed E-state index contributed by atoms with van der Waals surface area (Å²) in [6, 6.07) is 14.1. The second-order valence-corrected chi connectivity index (χ2v) is 10.7. The Balaban J connectivity index is 1.28. The molecule has 0 radical (unpaired) electrons. The van der Waals surface area contributed by atoms with E-state index in [0.717, 1.165) is 24.3 Å². The summed E-state index contributed by atoms with van der Waals surface area (Å²) in [5.74, 6) is 0.338. The molecule has 0 spiro atoms. The highest BCUT2D eigenvalue weighted by Gasteiger charge is 2.28. The Morgan fingerprint density at radius 3 is 2.18 bits per heavy atom. The van der Waals surface area contributed by atoms with Crippen molar-refractivity contribution in [1.29, 1.82) is 0 Å². The van der Waals surface area contributed by atoms with E-state index in [1.165, 1.54) is 0 Å². The number of hydrogen-bond donors (Lipinski definition) is 1. The normalized spacial score (nSPS) is 18.8. The van der Waals surface area contributed by atoms with Gasteiger partial charge in [0.25, 0.3) is 0 Å². The molecule has 33 heavy (non-hydrogen) atoms. The second-order valence-electron chi connectivity index (χ2n) is 8.73. The van der Waals surface area contributed by atoms with E-state index in [1.54, 1.807) is 28.6 Å². The number of sulfonamides is 1. The van der Waals surface area contributed by atoms with Crippen molar-refractivity contribution in [2.75, 3.05) is 63.8 Å². The molecule has 0 bridgehead atoms. The number of carbonyl (C=O) groups is 1. The minimum Gasteiger partial charge on any atom is -0.508 e. The van der Waals surface area contributed by atoms with E-state index in [4.69, 9.17) is 0 Å². The van der Waals surface area contributed by atoms with Crippen LogP contribution in [0.5, 0.6) is 5.75 Å². The SMILES string of the molecule is Cc1ccc(S(=O)(=O)N2CCCN(CC(=O)N3CCN(c4ccc(O)cc4)CC3)CC2)cc1. The Labute approximate surface area is 196 Å². The van der Waals surface area contributed by atoms with Gasteiger partial charge in [0.05, 0.1) is 11.4 Å². The predicted octanol–water partition coefficient (Wildman–Crippen LogP) is 1.75. The van der Waals surface area contributed by atoms with Gasteiger partial charge in [-0.1, -0.05) is 17.7 Å². The molecule has 2 fully saturated rings. The number of hydrogen-bond acceptors (Lipinski definition) is 6. The highest BCUT2D eigenvalue weighted by atomic mass is 32.2. The number of nitrogens with zero attached hydrogens (tertiary/aromatic N) is 4. The monoisotopic (exact) mass is 472 g/mol. The molecule has 0 aromatic heterocycles. The fourth-order valence-corrected chi connectivity index (χ4v) is 5.84. The topological polar surface area (TPSA) is 84.4 Å². The predicted molar refractivity (Wildman–Crippen MR) is 128 cm³/mol. The maximum atomic E-state index is 13.0. The Kier molecular flexibility index (Phi) is 7.21. The quantitative estimate of drug-likeness (QED) is 0.714. The zero-order valence-corrected chi connectivity index (χ0v) is 19.9. The standard InChI is InChI=1S/C24H32N4O4S/c1-20-3-9-23(10-4-20)33(31,32)28-12-2-11-25(13-18-28)19-24(30)27-16-14-26(15-17-27)21-5-7-22(29)8-6-21/h3-10,29H,2,11-19H2,1H3. The van der Waals surface area contributed by atoms with E-state index < -0.39 is 10.0 Å². The van der Waals surface area contributed by atoms with Gasteiger partial charge in [0.15, 0.2) is 0 Å². The molecule has 2 heterocycles. The van der Waals surface area contributed by atoms with Gasteiger partial charge in [0.1, 0.15) is 5.75 Å². The number of phenols is 1. The van der Waals surface area contributed by atoms with Gasteiger partial charge in [-0.25, -0.2) is 8.42 Å². The summed E-state index contributed by atoms with van der Waals surface area (Å²) < 4.78 is 27.6. The second kappa shape index (κ2) is 10.1. The number of rotatable bonds is 5. The lowest BCUT2D eigenvalue weighted by atomic mass is 10.2. The Morgan fingerprint density at radius 2 is 1.52 bits per heavy atom. The molecule has 2 aromatic rings. The van der Waals surface area contributed by atoms with Crippen LogP contribution >= 0.6 is 0 Å². The molecule has 178 valence electrons. The maximum absolute atomic E-state index is 13.0. The Morgan fingerprint density at radius 1 is 0.848 bits per heavy atom. The van der Waals surface area contributed by atoms with Crippen LogP contribution in [0.4, 0.5) is 5.69 Å². The van der Waals surface area contributed by atoms with E-state index in [9.17, 15) is 18.3 Å². The van der Waals surface area contributed by atoms with Gasteiger partial charge >= 0.3 is 0 Å². The van der Waals surface area contributed by atoms with Crippen LogP contribution in [0.2, 0.25) is 0 Å². The van der Waals surface area contributed by atoms with Crippen molar-refractivity contribution in [2.24, 2.45) is 0 Å². The minimum absolute atomic E-state index is 0.0928. The number of phenolic OH excluding ortho intramolecular Hbond substituents is 1. The van der Waals surface area contributed by atoms with Crippen molar-refractivity contribution in [3.05, 3.63) is 54.1 Å². The zero-order valence-electron chi connectivity index (χ0n) is 19.1. The van der Waals surface area contributed by atoms with Crippen LogP contribution in [-0.2, 0) is 14.8 Å². The molecule has 8 nitrogen and oxygen atoms in total. The maximum Gasteiger partial charge on any atom is 0.243 e. The lowest BCUT2D eigenvalue weighted by Crippen LogP contribution is -2.51. The molecule has 0 atom stereocenters. The van der Waals surface area contributed by atoms with E-state index in [-0.39, 0.29) is 11.7 Å². The molecule has 2 saturated heterocycles. The summed E-state index contributed by atoms with van der Waals surface area (Å²) >= 11 is 0.